The van der Waals surface area contributed by atoms with Crippen molar-refractivity contribution in [3.8, 4) is 0 Å². The minimum atomic E-state index is -0.829. The van der Waals surface area contributed by atoms with Crippen LogP contribution in [0, 0.1) is 16.0 Å². The first-order valence-corrected chi connectivity index (χ1v) is 6.86. The SMILES string of the molecule is C=CCNc1ncnc(N2CCC(C(=O)O)CC2)c1[N+](=O)[O-]. The fourth-order valence-electron chi connectivity index (χ4n) is 2.41. The Kier molecular flexibility index (Phi) is 4.87. The fourth-order valence-corrected chi connectivity index (χ4v) is 2.41. The molecule has 0 unspecified atom stereocenters. The van der Waals surface area contributed by atoms with E-state index in [2.05, 4.69) is 21.9 Å². The van der Waals surface area contributed by atoms with E-state index in [1.165, 1.54) is 6.33 Å². The molecule has 1 saturated heterocycles. The van der Waals surface area contributed by atoms with Gasteiger partial charge in [-0.3, -0.25) is 14.9 Å². The molecule has 0 radical (unpaired) electrons. The molecular formula is C13H17N5O4. The number of carbonyl (C=O) groups is 1. The van der Waals surface area contributed by atoms with Crippen molar-refractivity contribution in [2.24, 2.45) is 5.92 Å². The van der Waals surface area contributed by atoms with Gasteiger partial charge in [0.2, 0.25) is 11.6 Å². The van der Waals surface area contributed by atoms with Crippen LogP contribution < -0.4 is 10.2 Å². The zero-order chi connectivity index (χ0) is 16.1. The summed E-state index contributed by atoms with van der Waals surface area (Å²) in [5.74, 6) is -0.883. The van der Waals surface area contributed by atoms with Crippen LogP contribution in [0.15, 0.2) is 19.0 Å². The monoisotopic (exact) mass is 307 g/mol. The quantitative estimate of drug-likeness (QED) is 0.458. The van der Waals surface area contributed by atoms with Crippen LogP contribution in [0.5, 0.6) is 0 Å². The lowest BCUT2D eigenvalue weighted by Crippen LogP contribution is -2.37. The molecule has 0 aliphatic carbocycles. The van der Waals surface area contributed by atoms with Crippen molar-refractivity contribution in [1.82, 2.24) is 9.97 Å². The molecule has 1 aromatic rings. The van der Waals surface area contributed by atoms with Gasteiger partial charge < -0.3 is 15.3 Å². The van der Waals surface area contributed by atoms with Gasteiger partial charge in [0.05, 0.1) is 10.8 Å². The molecule has 0 aromatic carbocycles. The molecule has 1 fully saturated rings. The predicted molar refractivity (Wildman–Crippen MR) is 79.9 cm³/mol. The molecule has 0 atom stereocenters. The number of carboxylic acids is 1. The molecule has 0 spiro atoms. The summed E-state index contributed by atoms with van der Waals surface area (Å²) in [7, 11) is 0. The minimum Gasteiger partial charge on any atom is -0.481 e. The van der Waals surface area contributed by atoms with Crippen molar-refractivity contribution in [2.45, 2.75) is 12.8 Å². The van der Waals surface area contributed by atoms with Crippen LogP contribution in [0.1, 0.15) is 12.8 Å². The van der Waals surface area contributed by atoms with E-state index in [9.17, 15) is 14.9 Å². The second-order valence-corrected chi connectivity index (χ2v) is 4.92. The summed E-state index contributed by atoms with van der Waals surface area (Å²) in [4.78, 5) is 31.5. The van der Waals surface area contributed by atoms with Crippen molar-refractivity contribution >= 4 is 23.3 Å². The van der Waals surface area contributed by atoms with Gasteiger partial charge in [0.15, 0.2) is 0 Å². The first-order valence-electron chi connectivity index (χ1n) is 6.86. The number of carboxylic acid groups (broad SMARTS) is 1. The lowest BCUT2D eigenvalue weighted by Gasteiger charge is -2.30. The highest BCUT2D eigenvalue weighted by atomic mass is 16.6. The van der Waals surface area contributed by atoms with E-state index < -0.39 is 16.8 Å². The van der Waals surface area contributed by atoms with Gasteiger partial charge in [0.25, 0.3) is 0 Å². The topological polar surface area (TPSA) is 121 Å². The molecule has 9 heteroatoms. The third-order valence-electron chi connectivity index (χ3n) is 3.54. The number of nitrogens with one attached hydrogen (secondary N) is 1. The number of hydrogen-bond donors (Lipinski definition) is 2. The van der Waals surface area contributed by atoms with E-state index in [1.54, 1.807) is 11.0 Å². The van der Waals surface area contributed by atoms with Gasteiger partial charge in [-0.05, 0) is 12.8 Å². The molecule has 118 valence electrons. The maximum Gasteiger partial charge on any atom is 0.353 e. The number of nitro groups is 1. The lowest BCUT2D eigenvalue weighted by molar-refractivity contribution is -0.383. The summed E-state index contributed by atoms with van der Waals surface area (Å²) in [6.07, 6.45) is 3.71. The summed E-state index contributed by atoms with van der Waals surface area (Å²) in [5, 5.41) is 23.2. The summed E-state index contributed by atoms with van der Waals surface area (Å²) < 4.78 is 0. The van der Waals surface area contributed by atoms with Gasteiger partial charge in [0, 0.05) is 19.6 Å². The van der Waals surface area contributed by atoms with Crippen LogP contribution in [0.4, 0.5) is 17.3 Å². The Balaban J connectivity index is 2.25. The number of anilines is 2. The second-order valence-electron chi connectivity index (χ2n) is 4.92. The van der Waals surface area contributed by atoms with Crippen LogP contribution in [0.3, 0.4) is 0 Å². The molecule has 22 heavy (non-hydrogen) atoms. The Morgan fingerprint density at radius 1 is 1.55 bits per heavy atom. The second kappa shape index (κ2) is 6.83. The molecule has 0 saturated carbocycles. The minimum absolute atomic E-state index is 0.134. The smallest absolute Gasteiger partial charge is 0.353 e. The van der Waals surface area contributed by atoms with Gasteiger partial charge in [-0.25, -0.2) is 9.97 Å². The fraction of sp³-hybridized carbons (Fsp3) is 0.462. The van der Waals surface area contributed by atoms with E-state index in [0.29, 0.717) is 32.5 Å². The molecule has 1 aliphatic heterocycles. The van der Waals surface area contributed by atoms with E-state index in [1.807, 2.05) is 0 Å². The number of rotatable bonds is 6. The zero-order valence-corrected chi connectivity index (χ0v) is 11.9. The van der Waals surface area contributed by atoms with Crippen molar-refractivity contribution in [3.05, 3.63) is 29.1 Å². The van der Waals surface area contributed by atoms with Crippen molar-refractivity contribution in [2.75, 3.05) is 29.9 Å². The third kappa shape index (κ3) is 3.30. The largest absolute Gasteiger partial charge is 0.481 e. The normalized spacial score (nSPS) is 15.4. The van der Waals surface area contributed by atoms with Crippen LogP contribution in [-0.4, -0.2) is 45.6 Å². The van der Waals surface area contributed by atoms with Gasteiger partial charge in [-0.2, -0.15) is 0 Å². The molecule has 0 amide bonds. The highest BCUT2D eigenvalue weighted by molar-refractivity contribution is 5.72. The molecule has 0 bridgehead atoms. The molecule has 9 nitrogen and oxygen atoms in total. The van der Waals surface area contributed by atoms with Gasteiger partial charge in [-0.15, -0.1) is 6.58 Å². The Hall–Kier alpha value is -2.71. The number of aromatic nitrogens is 2. The first-order chi connectivity index (χ1) is 10.5. The molecule has 1 aliphatic rings. The van der Waals surface area contributed by atoms with E-state index in [-0.39, 0.29) is 17.3 Å². The van der Waals surface area contributed by atoms with E-state index in [0.717, 1.165) is 0 Å². The van der Waals surface area contributed by atoms with Crippen molar-refractivity contribution in [1.29, 1.82) is 0 Å². The maximum atomic E-state index is 11.4. The average molecular weight is 307 g/mol. The van der Waals surface area contributed by atoms with Crippen LogP contribution in [-0.2, 0) is 4.79 Å². The Morgan fingerprint density at radius 2 is 2.23 bits per heavy atom. The van der Waals surface area contributed by atoms with Gasteiger partial charge in [-0.1, -0.05) is 6.08 Å². The molecular weight excluding hydrogens is 290 g/mol. The molecule has 2 N–H and O–H groups in total. The standard InChI is InChI=1S/C13H17N5O4/c1-2-5-14-11-10(18(21)22)12(16-8-15-11)17-6-3-9(4-7-17)13(19)20/h2,8-9H,1,3-7H2,(H,19,20)(H,14,15,16). The van der Waals surface area contributed by atoms with Crippen LogP contribution >= 0.6 is 0 Å². The average Bonchev–Trinajstić information content (AvgIpc) is 2.52. The Morgan fingerprint density at radius 3 is 2.77 bits per heavy atom. The zero-order valence-electron chi connectivity index (χ0n) is 11.9. The van der Waals surface area contributed by atoms with Crippen molar-refractivity contribution in [3.63, 3.8) is 0 Å². The summed E-state index contributed by atoms with van der Waals surface area (Å²) in [6.45, 7) is 4.72. The molecule has 2 heterocycles. The highest BCUT2D eigenvalue weighted by Gasteiger charge is 2.31. The summed E-state index contributed by atoms with van der Waals surface area (Å²) >= 11 is 0. The Labute approximate surface area is 126 Å². The van der Waals surface area contributed by atoms with Crippen LogP contribution in [0.2, 0.25) is 0 Å². The maximum absolute atomic E-state index is 11.4. The van der Waals surface area contributed by atoms with Gasteiger partial charge >= 0.3 is 11.7 Å². The Bertz CT molecular complexity index is 584. The number of nitrogens with zero attached hydrogens (tertiary/aromatic N) is 4. The molecule has 2 rings (SSSR count). The van der Waals surface area contributed by atoms with Gasteiger partial charge in [0.1, 0.15) is 6.33 Å². The van der Waals surface area contributed by atoms with Crippen molar-refractivity contribution < 1.29 is 14.8 Å². The first kappa shape index (κ1) is 15.7. The summed E-state index contributed by atoms with van der Waals surface area (Å²) in [5.41, 5.74) is -0.196. The summed E-state index contributed by atoms with van der Waals surface area (Å²) in [6, 6.07) is 0. The van der Waals surface area contributed by atoms with Crippen LogP contribution in [0.25, 0.3) is 0 Å². The lowest BCUT2D eigenvalue weighted by atomic mass is 9.97. The highest BCUT2D eigenvalue weighted by Crippen LogP contribution is 2.33. The number of piperidine rings is 1. The number of hydrogen-bond acceptors (Lipinski definition) is 7. The van der Waals surface area contributed by atoms with E-state index in [4.69, 9.17) is 5.11 Å². The number of aliphatic carboxylic acids is 1. The third-order valence-corrected chi connectivity index (χ3v) is 3.54. The predicted octanol–water partition coefficient (Wildman–Crippen LogP) is 1.28. The molecule has 1 aromatic heterocycles. The van der Waals surface area contributed by atoms with E-state index >= 15 is 0 Å².